The smallest absolute Gasteiger partial charge is 0.227 e. The summed E-state index contributed by atoms with van der Waals surface area (Å²) in [7, 11) is 3.52. The molecule has 0 amide bonds. The van der Waals surface area contributed by atoms with Crippen LogP contribution in [0.2, 0.25) is 0 Å². The number of nitrogens with one attached hydrogen (secondary N) is 1. The van der Waals surface area contributed by atoms with E-state index in [4.69, 9.17) is 14.1 Å². The SMILES string of the molecule is COCCNCc1ccc2oc(-c3cccc(-c4ccc(F)cc4-c4nncn4C)c3)nc2c1. The van der Waals surface area contributed by atoms with Crippen LogP contribution >= 0.6 is 0 Å². The first kappa shape index (κ1) is 21.9. The second-order valence-corrected chi connectivity index (χ2v) is 8.03. The molecule has 0 saturated heterocycles. The molecule has 0 aliphatic carbocycles. The van der Waals surface area contributed by atoms with E-state index in [1.54, 1.807) is 24.1 Å². The van der Waals surface area contributed by atoms with Crippen molar-refractivity contribution in [3.8, 4) is 34.0 Å². The van der Waals surface area contributed by atoms with E-state index in [-0.39, 0.29) is 5.82 Å². The number of aromatic nitrogens is 4. The van der Waals surface area contributed by atoms with Gasteiger partial charge < -0.3 is 19.0 Å². The van der Waals surface area contributed by atoms with Gasteiger partial charge in [0.15, 0.2) is 11.4 Å². The van der Waals surface area contributed by atoms with Gasteiger partial charge in [-0.3, -0.25) is 0 Å². The zero-order chi connectivity index (χ0) is 23.5. The Morgan fingerprint density at radius 1 is 1.03 bits per heavy atom. The molecule has 0 radical (unpaired) electrons. The van der Waals surface area contributed by atoms with E-state index >= 15 is 0 Å². The maximum absolute atomic E-state index is 14.1. The van der Waals surface area contributed by atoms with E-state index in [1.807, 2.05) is 49.5 Å². The fourth-order valence-electron chi connectivity index (χ4n) is 3.91. The van der Waals surface area contributed by atoms with Gasteiger partial charge in [-0.1, -0.05) is 24.3 Å². The quantitative estimate of drug-likeness (QED) is 0.336. The number of fused-ring (bicyclic) bond motifs is 1. The van der Waals surface area contributed by atoms with E-state index < -0.39 is 0 Å². The van der Waals surface area contributed by atoms with Crippen molar-refractivity contribution in [3.63, 3.8) is 0 Å². The van der Waals surface area contributed by atoms with E-state index in [1.165, 1.54) is 12.1 Å². The number of halogens is 1. The van der Waals surface area contributed by atoms with Crippen molar-refractivity contribution in [2.24, 2.45) is 7.05 Å². The first-order valence-electron chi connectivity index (χ1n) is 11.0. The average Bonchev–Trinajstić information content (AvgIpc) is 3.47. The van der Waals surface area contributed by atoms with Gasteiger partial charge in [0.2, 0.25) is 5.89 Å². The van der Waals surface area contributed by atoms with Gasteiger partial charge >= 0.3 is 0 Å². The molecular formula is C26H24FN5O2. The van der Waals surface area contributed by atoms with Crippen LogP contribution in [0.1, 0.15) is 5.56 Å². The second kappa shape index (κ2) is 9.54. The molecule has 172 valence electrons. The zero-order valence-electron chi connectivity index (χ0n) is 19.0. The van der Waals surface area contributed by atoms with Gasteiger partial charge in [0, 0.05) is 38.4 Å². The fourth-order valence-corrected chi connectivity index (χ4v) is 3.91. The molecule has 2 heterocycles. The van der Waals surface area contributed by atoms with Crippen LogP contribution in [0.5, 0.6) is 0 Å². The number of benzene rings is 3. The first-order valence-corrected chi connectivity index (χ1v) is 11.0. The number of methoxy groups -OCH3 is 1. The van der Waals surface area contributed by atoms with Crippen LogP contribution in [0.25, 0.3) is 45.1 Å². The summed E-state index contributed by atoms with van der Waals surface area (Å²) in [5, 5.41) is 11.4. The van der Waals surface area contributed by atoms with Crippen LogP contribution in [0.4, 0.5) is 4.39 Å². The molecule has 2 aromatic heterocycles. The number of hydrogen-bond acceptors (Lipinski definition) is 6. The Morgan fingerprint density at radius 2 is 1.91 bits per heavy atom. The van der Waals surface area contributed by atoms with E-state index in [9.17, 15) is 4.39 Å². The van der Waals surface area contributed by atoms with Gasteiger partial charge in [-0.2, -0.15) is 0 Å². The summed E-state index contributed by atoms with van der Waals surface area (Å²) in [6, 6.07) is 18.5. The van der Waals surface area contributed by atoms with Gasteiger partial charge in [-0.15, -0.1) is 10.2 Å². The molecule has 0 saturated carbocycles. The summed E-state index contributed by atoms with van der Waals surface area (Å²) in [6.45, 7) is 2.18. The Labute approximate surface area is 196 Å². The molecule has 0 aliphatic heterocycles. The van der Waals surface area contributed by atoms with Gasteiger partial charge in [-0.25, -0.2) is 9.37 Å². The number of nitrogens with zero attached hydrogens (tertiary/aromatic N) is 4. The van der Waals surface area contributed by atoms with Crippen molar-refractivity contribution in [1.82, 2.24) is 25.1 Å². The maximum Gasteiger partial charge on any atom is 0.227 e. The average molecular weight is 458 g/mol. The fraction of sp³-hybridized carbons (Fsp3) is 0.192. The summed E-state index contributed by atoms with van der Waals surface area (Å²) in [5.74, 6) is 0.793. The summed E-state index contributed by atoms with van der Waals surface area (Å²) < 4.78 is 27.0. The largest absolute Gasteiger partial charge is 0.436 e. The van der Waals surface area contributed by atoms with Crippen LogP contribution in [0.3, 0.4) is 0 Å². The van der Waals surface area contributed by atoms with Crippen molar-refractivity contribution in [3.05, 3.63) is 78.4 Å². The Hall–Kier alpha value is -3.88. The molecule has 0 aliphatic rings. The standard InChI is InChI=1S/C26H24FN5O2/c1-32-16-29-31-25(32)22-14-20(27)7-8-21(22)18-4-3-5-19(13-18)26-30-23-12-17(6-9-24(23)34-26)15-28-10-11-33-2/h3-9,12-14,16,28H,10-11,15H2,1-2H3. The van der Waals surface area contributed by atoms with Crippen LogP contribution in [0, 0.1) is 5.82 Å². The van der Waals surface area contributed by atoms with Gasteiger partial charge in [0.05, 0.1) is 6.61 Å². The molecule has 7 nitrogen and oxygen atoms in total. The zero-order valence-corrected chi connectivity index (χ0v) is 19.0. The van der Waals surface area contributed by atoms with Crippen LogP contribution < -0.4 is 5.32 Å². The normalized spacial score (nSPS) is 11.4. The molecular weight excluding hydrogens is 433 g/mol. The van der Waals surface area contributed by atoms with E-state index in [0.717, 1.165) is 46.4 Å². The lowest BCUT2D eigenvalue weighted by atomic mass is 9.97. The maximum atomic E-state index is 14.1. The van der Waals surface area contributed by atoms with Crippen molar-refractivity contribution in [2.75, 3.05) is 20.3 Å². The third-order valence-electron chi connectivity index (χ3n) is 5.62. The molecule has 1 N–H and O–H groups in total. The molecule has 0 spiro atoms. The van der Waals surface area contributed by atoms with E-state index in [2.05, 4.69) is 15.5 Å². The summed E-state index contributed by atoms with van der Waals surface area (Å²) >= 11 is 0. The van der Waals surface area contributed by atoms with Crippen molar-refractivity contribution >= 4 is 11.1 Å². The number of oxazole rings is 1. The number of ether oxygens (including phenoxy) is 1. The van der Waals surface area contributed by atoms with Crippen LogP contribution in [-0.4, -0.2) is 40.0 Å². The Kier molecular flexibility index (Phi) is 6.16. The lowest BCUT2D eigenvalue weighted by Crippen LogP contribution is -2.18. The molecule has 3 aromatic carbocycles. The van der Waals surface area contributed by atoms with Gasteiger partial charge in [-0.05, 0) is 53.1 Å². The third kappa shape index (κ3) is 4.46. The summed E-state index contributed by atoms with van der Waals surface area (Å²) in [6.07, 6.45) is 1.60. The lowest BCUT2D eigenvalue weighted by molar-refractivity contribution is 0.199. The minimum atomic E-state index is -0.329. The van der Waals surface area contributed by atoms with Crippen molar-refractivity contribution < 1.29 is 13.5 Å². The first-order chi connectivity index (χ1) is 16.6. The van der Waals surface area contributed by atoms with Crippen LogP contribution in [-0.2, 0) is 18.3 Å². The monoisotopic (exact) mass is 457 g/mol. The Morgan fingerprint density at radius 3 is 2.74 bits per heavy atom. The highest BCUT2D eigenvalue weighted by Crippen LogP contribution is 2.34. The Bertz CT molecular complexity index is 1440. The van der Waals surface area contributed by atoms with E-state index in [0.29, 0.717) is 23.9 Å². The van der Waals surface area contributed by atoms with Crippen molar-refractivity contribution in [1.29, 1.82) is 0 Å². The molecule has 5 aromatic rings. The molecule has 8 heteroatoms. The molecule has 0 unspecified atom stereocenters. The van der Waals surface area contributed by atoms with Crippen LogP contribution in [0.15, 0.2) is 71.4 Å². The second-order valence-electron chi connectivity index (χ2n) is 8.03. The summed E-state index contributed by atoms with van der Waals surface area (Å²) in [5.41, 5.74) is 5.90. The topological polar surface area (TPSA) is 78.0 Å². The lowest BCUT2D eigenvalue weighted by Gasteiger charge is -2.10. The predicted octanol–water partition coefficient (Wildman–Crippen LogP) is 4.83. The van der Waals surface area contributed by atoms with Gasteiger partial charge in [0.1, 0.15) is 17.7 Å². The third-order valence-corrected chi connectivity index (χ3v) is 5.62. The molecule has 34 heavy (non-hydrogen) atoms. The highest BCUT2D eigenvalue weighted by molar-refractivity contribution is 5.83. The molecule has 0 atom stereocenters. The predicted molar refractivity (Wildman–Crippen MR) is 128 cm³/mol. The van der Waals surface area contributed by atoms with Gasteiger partial charge in [0.25, 0.3) is 0 Å². The minimum absolute atomic E-state index is 0.329. The molecule has 0 bridgehead atoms. The molecule has 0 fully saturated rings. The highest BCUT2D eigenvalue weighted by atomic mass is 19.1. The molecule has 5 rings (SSSR count). The summed E-state index contributed by atoms with van der Waals surface area (Å²) in [4.78, 5) is 4.72. The number of hydrogen-bond donors (Lipinski definition) is 1. The van der Waals surface area contributed by atoms with Crippen molar-refractivity contribution in [2.45, 2.75) is 6.54 Å². The Balaban J connectivity index is 1.48. The minimum Gasteiger partial charge on any atom is -0.436 e. The number of rotatable bonds is 8. The number of aryl methyl sites for hydroxylation is 1. The highest BCUT2D eigenvalue weighted by Gasteiger charge is 2.15.